The molecule has 3 atom stereocenters. The minimum Gasteiger partial charge on any atom is -0.482 e. The fourth-order valence-electron chi connectivity index (χ4n) is 3.56. The van der Waals surface area contributed by atoms with Crippen LogP contribution in [-0.2, 0) is 16.1 Å². The second-order valence-corrected chi connectivity index (χ2v) is 6.79. The normalized spacial score (nSPS) is 23.9. The van der Waals surface area contributed by atoms with Crippen molar-refractivity contribution >= 4 is 11.8 Å². The maximum Gasteiger partial charge on any atom is 0.268 e. The van der Waals surface area contributed by atoms with Crippen molar-refractivity contribution in [3.05, 3.63) is 48.4 Å². The molecule has 2 amide bonds. The number of carbonyl (C=O) groups is 2. The number of hydrogen-bond acceptors (Lipinski definition) is 5. The number of ether oxygens (including phenoxy) is 2. The van der Waals surface area contributed by atoms with Crippen LogP contribution in [0.15, 0.2) is 47.1 Å². The molecule has 0 unspecified atom stereocenters. The van der Waals surface area contributed by atoms with Gasteiger partial charge in [-0.25, -0.2) is 0 Å². The first-order valence-corrected chi connectivity index (χ1v) is 9.16. The largest absolute Gasteiger partial charge is 0.482 e. The average Bonchev–Trinajstić information content (AvgIpc) is 3.36. The van der Waals surface area contributed by atoms with E-state index >= 15 is 0 Å². The van der Waals surface area contributed by atoms with Crippen molar-refractivity contribution in [1.29, 1.82) is 0 Å². The van der Waals surface area contributed by atoms with Crippen LogP contribution in [0.5, 0.6) is 11.5 Å². The van der Waals surface area contributed by atoms with Crippen molar-refractivity contribution in [2.75, 3.05) is 6.54 Å². The van der Waals surface area contributed by atoms with Crippen molar-refractivity contribution in [2.45, 2.75) is 44.6 Å². The van der Waals surface area contributed by atoms with Gasteiger partial charge < -0.3 is 24.1 Å². The molecule has 0 bridgehead atoms. The number of carbonyl (C=O) groups excluding carboxylic acids is 2. The number of rotatable bonds is 4. The summed E-state index contributed by atoms with van der Waals surface area (Å²) in [7, 11) is 0. The number of nitrogens with zero attached hydrogens (tertiary/aromatic N) is 1. The lowest BCUT2D eigenvalue weighted by molar-refractivity contribution is -0.148. The predicted octanol–water partition coefficient (Wildman–Crippen LogP) is 2.12. The molecule has 7 nitrogen and oxygen atoms in total. The summed E-state index contributed by atoms with van der Waals surface area (Å²) in [6.07, 6.45) is 1.78. The maximum absolute atomic E-state index is 13.1. The summed E-state index contributed by atoms with van der Waals surface area (Å²) in [5, 5.41) is 2.84. The molecule has 0 spiro atoms. The third kappa shape index (κ3) is 3.49. The number of hydrogen-bond donors (Lipinski definition) is 1. The Kier molecular flexibility index (Phi) is 4.75. The molecule has 7 heteroatoms. The summed E-state index contributed by atoms with van der Waals surface area (Å²) >= 11 is 0. The summed E-state index contributed by atoms with van der Waals surface area (Å²) < 4.78 is 17.0. The predicted molar refractivity (Wildman–Crippen MR) is 96.2 cm³/mol. The highest BCUT2D eigenvalue weighted by Gasteiger charge is 2.42. The number of fused-ring (bicyclic) bond motifs is 1. The summed E-state index contributed by atoms with van der Waals surface area (Å²) in [5.41, 5.74) is 0. The molecule has 27 heavy (non-hydrogen) atoms. The Morgan fingerprint density at radius 2 is 1.93 bits per heavy atom. The van der Waals surface area contributed by atoms with Gasteiger partial charge in [-0.05, 0) is 44.0 Å². The Hall–Kier alpha value is -2.96. The minimum absolute atomic E-state index is 0.179. The SMILES string of the molecule is C[C@@H]1Oc2ccccc2O[C@@H]1C(=O)N1CCC[C@H]1C(=O)NCc1ccco1. The first kappa shape index (κ1) is 17.5. The van der Waals surface area contributed by atoms with Crippen molar-refractivity contribution in [1.82, 2.24) is 10.2 Å². The second-order valence-electron chi connectivity index (χ2n) is 6.79. The Balaban J connectivity index is 1.43. The number of para-hydroxylation sites is 2. The molecule has 2 aliphatic rings. The molecule has 142 valence electrons. The summed E-state index contributed by atoms with van der Waals surface area (Å²) in [6, 6.07) is 10.3. The molecule has 1 aromatic heterocycles. The Morgan fingerprint density at radius 3 is 2.67 bits per heavy atom. The summed E-state index contributed by atoms with van der Waals surface area (Å²) in [5.74, 6) is 1.46. The lowest BCUT2D eigenvalue weighted by Crippen LogP contribution is -2.54. The van der Waals surface area contributed by atoms with Crippen LogP contribution in [0.1, 0.15) is 25.5 Å². The monoisotopic (exact) mass is 370 g/mol. The fourth-order valence-corrected chi connectivity index (χ4v) is 3.56. The first-order chi connectivity index (χ1) is 13.1. The van der Waals surface area contributed by atoms with Gasteiger partial charge in [0.15, 0.2) is 11.5 Å². The molecule has 2 aliphatic heterocycles. The van der Waals surface area contributed by atoms with Crippen molar-refractivity contribution < 1.29 is 23.5 Å². The van der Waals surface area contributed by atoms with E-state index in [2.05, 4.69) is 5.32 Å². The van der Waals surface area contributed by atoms with E-state index in [0.29, 0.717) is 36.8 Å². The van der Waals surface area contributed by atoms with E-state index in [1.54, 1.807) is 36.3 Å². The molecule has 1 aromatic carbocycles. The van der Waals surface area contributed by atoms with Crippen molar-refractivity contribution in [3.63, 3.8) is 0 Å². The van der Waals surface area contributed by atoms with Crippen LogP contribution >= 0.6 is 0 Å². The van der Waals surface area contributed by atoms with Crippen LogP contribution in [0, 0.1) is 0 Å². The lowest BCUT2D eigenvalue weighted by Gasteiger charge is -2.34. The quantitative estimate of drug-likeness (QED) is 0.892. The van der Waals surface area contributed by atoms with Gasteiger partial charge in [0, 0.05) is 6.54 Å². The van der Waals surface area contributed by atoms with Gasteiger partial charge in [-0.15, -0.1) is 0 Å². The molecule has 1 fully saturated rings. The molecule has 1 saturated heterocycles. The Labute approximate surface area is 157 Å². The molecular weight excluding hydrogens is 348 g/mol. The summed E-state index contributed by atoms with van der Waals surface area (Å²) in [4.78, 5) is 27.3. The standard InChI is InChI=1S/C20H22N2O5/c1-13-18(27-17-9-3-2-8-16(17)26-13)20(24)22-10-4-7-15(22)19(23)21-12-14-6-5-11-25-14/h2-3,5-6,8-9,11,13,15,18H,4,7,10,12H2,1H3,(H,21,23)/t13-,15-,18-/m0/s1. The first-order valence-electron chi connectivity index (χ1n) is 9.16. The van der Waals surface area contributed by atoms with Crippen molar-refractivity contribution in [3.8, 4) is 11.5 Å². The number of amides is 2. The van der Waals surface area contributed by atoms with E-state index in [-0.39, 0.29) is 11.8 Å². The van der Waals surface area contributed by atoms with Gasteiger partial charge in [0.1, 0.15) is 17.9 Å². The minimum atomic E-state index is -0.765. The molecule has 0 aliphatic carbocycles. The van der Waals surface area contributed by atoms with Crippen LogP contribution in [0.2, 0.25) is 0 Å². The van der Waals surface area contributed by atoms with Crippen LogP contribution in [0.3, 0.4) is 0 Å². The molecule has 4 rings (SSSR count). The molecule has 0 saturated carbocycles. The van der Waals surface area contributed by atoms with Crippen LogP contribution in [0.25, 0.3) is 0 Å². The van der Waals surface area contributed by atoms with E-state index in [9.17, 15) is 9.59 Å². The zero-order chi connectivity index (χ0) is 18.8. The highest BCUT2D eigenvalue weighted by molar-refractivity contribution is 5.90. The van der Waals surface area contributed by atoms with Gasteiger partial charge in [-0.1, -0.05) is 12.1 Å². The Morgan fingerprint density at radius 1 is 1.15 bits per heavy atom. The smallest absolute Gasteiger partial charge is 0.268 e. The molecule has 0 radical (unpaired) electrons. The zero-order valence-electron chi connectivity index (χ0n) is 15.1. The lowest BCUT2D eigenvalue weighted by atomic mass is 10.1. The molecule has 2 aromatic rings. The van der Waals surface area contributed by atoms with Crippen LogP contribution in [-0.4, -0.2) is 41.5 Å². The van der Waals surface area contributed by atoms with Crippen molar-refractivity contribution in [2.24, 2.45) is 0 Å². The highest BCUT2D eigenvalue weighted by atomic mass is 16.6. The topological polar surface area (TPSA) is 81.0 Å². The maximum atomic E-state index is 13.1. The number of benzene rings is 1. The highest BCUT2D eigenvalue weighted by Crippen LogP contribution is 2.34. The van der Waals surface area contributed by atoms with Gasteiger partial charge in [0.2, 0.25) is 12.0 Å². The van der Waals surface area contributed by atoms with E-state index in [1.807, 2.05) is 18.2 Å². The number of furan rings is 1. The third-order valence-electron chi connectivity index (χ3n) is 4.94. The van der Waals surface area contributed by atoms with E-state index in [1.165, 1.54) is 0 Å². The molecule has 3 heterocycles. The van der Waals surface area contributed by atoms with E-state index < -0.39 is 18.2 Å². The third-order valence-corrected chi connectivity index (χ3v) is 4.94. The second kappa shape index (κ2) is 7.34. The zero-order valence-corrected chi connectivity index (χ0v) is 15.1. The van der Waals surface area contributed by atoms with Crippen LogP contribution in [0.4, 0.5) is 0 Å². The van der Waals surface area contributed by atoms with Gasteiger partial charge in [-0.3, -0.25) is 9.59 Å². The fraction of sp³-hybridized carbons (Fsp3) is 0.400. The van der Waals surface area contributed by atoms with E-state index in [0.717, 1.165) is 6.42 Å². The van der Waals surface area contributed by atoms with Gasteiger partial charge in [0.25, 0.3) is 5.91 Å². The average molecular weight is 370 g/mol. The Bertz CT molecular complexity index is 820. The number of nitrogens with one attached hydrogen (secondary N) is 1. The number of likely N-dealkylation sites (tertiary alicyclic amines) is 1. The van der Waals surface area contributed by atoms with Gasteiger partial charge in [-0.2, -0.15) is 0 Å². The van der Waals surface area contributed by atoms with Crippen LogP contribution < -0.4 is 14.8 Å². The van der Waals surface area contributed by atoms with Gasteiger partial charge in [0.05, 0.1) is 12.8 Å². The van der Waals surface area contributed by atoms with Gasteiger partial charge >= 0.3 is 0 Å². The van der Waals surface area contributed by atoms with E-state index in [4.69, 9.17) is 13.9 Å². The summed E-state index contributed by atoms with van der Waals surface area (Å²) in [6.45, 7) is 2.64. The molecule has 1 N–H and O–H groups in total. The molecular formula is C20H22N2O5.